The van der Waals surface area contributed by atoms with Gasteiger partial charge in [0.1, 0.15) is 5.75 Å². The molecule has 1 aromatic rings. The highest BCUT2D eigenvalue weighted by Crippen LogP contribution is 2.28. The highest BCUT2D eigenvalue weighted by Gasteiger charge is 2.30. The van der Waals surface area contributed by atoms with Gasteiger partial charge in [0.15, 0.2) is 0 Å². The summed E-state index contributed by atoms with van der Waals surface area (Å²) in [6.45, 7) is 2.67. The normalized spacial score (nSPS) is 19.7. The molecular formula is C17H24N2O3. The first-order valence-electron chi connectivity index (χ1n) is 7.74. The van der Waals surface area contributed by atoms with Crippen LogP contribution < -0.4 is 10.1 Å². The van der Waals surface area contributed by atoms with Crippen molar-refractivity contribution in [2.75, 3.05) is 20.7 Å². The zero-order valence-corrected chi connectivity index (χ0v) is 13.5. The summed E-state index contributed by atoms with van der Waals surface area (Å²) in [5, 5.41) is 3.07. The van der Waals surface area contributed by atoms with E-state index in [9.17, 15) is 9.59 Å². The number of hydrogen-bond acceptors (Lipinski definition) is 3. The number of amides is 2. The average Bonchev–Trinajstić information content (AvgIpc) is 2.54. The number of para-hydroxylation sites is 1. The van der Waals surface area contributed by atoms with Crippen LogP contribution in [-0.2, 0) is 9.59 Å². The first kappa shape index (κ1) is 16.3. The maximum absolute atomic E-state index is 12.5. The van der Waals surface area contributed by atoms with Crippen LogP contribution in [0.15, 0.2) is 24.3 Å². The van der Waals surface area contributed by atoms with E-state index in [0.29, 0.717) is 13.0 Å². The molecule has 1 heterocycles. The van der Waals surface area contributed by atoms with Gasteiger partial charge in [0, 0.05) is 31.5 Å². The van der Waals surface area contributed by atoms with Crippen LogP contribution in [-0.4, -0.2) is 37.4 Å². The number of benzene rings is 1. The number of rotatable bonds is 5. The van der Waals surface area contributed by atoms with Crippen molar-refractivity contribution < 1.29 is 14.3 Å². The van der Waals surface area contributed by atoms with Gasteiger partial charge in [0.2, 0.25) is 11.8 Å². The molecule has 1 aromatic carbocycles. The van der Waals surface area contributed by atoms with E-state index in [2.05, 4.69) is 5.32 Å². The monoisotopic (exact) mass is 304 g/mol. The Labute approximate surface area is 131 Å². The summed E-state index contributed by atoms with van der Waals surface area (Å²) in [5.74, 6) is 0.539. The van der Waals surface area contributed by atoms with Crippen molar-refractivity contribution in [1.29, 1.82) is 0 Å². The van der Waals surface area contributed by atoms with Crippen molar-refractivity contribution in [3.63, 3.8) is 0 Å². The minimum atomic E-state index is -0.229. The third-order valence-electron chi connectivity index (χ3n) is 4.27. The Balaban J connectivity index is 2.07. The maximum atomic E-state index is 12.5. The van der Waals surface area contributed by atoms with Gasteiger partial charge >= 0.3 is 0 Å². The quantitative estimate of drug-likeness (QED) is 0.906. The van der Waals surface area contributed by atoms with Crippen molar-refractivity contribution in [3.05, 3.63) is 29.8 Å². The van der Waals surface area contributed by atoms with Crippen LogP contribution in [0.2, 0.25) is 0 Å². The van der Waals surface area contributed by atoms with E-state index in [-0.39, 0.29) is 23.8 Å². The third kappa shape index (κ3) is 3.59. The molecule has 0 aliphatic carbocycles. The highest BCUT2D eigenvalue weighted by atomic mass is 16.5. The molecule has 1 aliphatic rings. The molecule has 1 aliphatic heterocycles. The summed E-state index contributed by atoms with van der Waals surface area (Å²) in [6.07, 6.45) is 1.79. The Morgan fingerprint density at radius 1 is 1.45 bits per heavy atom. The van der Waals surface area contributed by atoms with Crippen molar-refractivity contribution in [2.24, 2.45) is 5.92 Å². The molecule has 1 fully saturated rings. The van der Waals surface area contributed by atoms with Crippen LogP contribution in [0.1, 0.15) is 37.8 Å². The Morgan fingerprint density at radius 3 is 2.82 bits per heavy atom. The van der Waals surface area contributed by atoms with Crippen LogP contribution >= 0.6 is 0 Å². The van der Waals surface area contributed by atoms with E-state index in [1.165, 1.54) is 0 Å². The fourth-order valence-electron chi connectivity index (χ4n) is 2.81. The molecule has 0 unspecified atom stereocenters. The Hall–Kier alpha value is -2.04. The minimum Gasteiger partial charge on any atom is -0.496 e. The second kappa shape index (κ2) is 7.29. The lowest BCUT2D eigenvalue weighted by atomic mass is 9.94. The van der Waals surface area contributed by atoms with Gasteiger partial charge in [0.05, 0.1) is 13.2 Å². The topological polar surface area (TPSA) is 58.6 Å². The molecule has 0 saturated carbocycles. The lowest BCUT2D eigenvalue weighted by molar-refractivity contribution is -0.139. The molecule has 0 spiro atoms. The molecule has 0 bridgehead atoms. The summed E-state index contributed by atoms with van der Waals surface area (Å²) in [7, 11) is 3.41. The number of methoxy groups -OCH3 is 1. The smallest absolute Gasteiger partial charge is 0.224 e. The van der Waals surface area contributed by atoms with E-state index < -0.39 is 0 Å². The second-order valence-corrected chi connectivity index (χ2v) is 5.72. The number of nitrogens with one attached hydrogen (secondary N) is 1. The Bertz CT molecular complexity index is 544. The molecule has 1 N–H and O–H groups in total. The molecule has 5 nitrogen and oxygen atoms in total. The summed E-state index contributed by atoms with van der Waals surface area (Å²) in [4.78, 5) is 25.9. The van der Waals surface area contributed by atoms with Crippen LogP contribution in [0.25, 0.3) is 0 Å². The van der Waals surface area contributed by atoms with Gasteiger partial charge in [-0.05, 0) is 18.9 Å². The first-order valence-corrected chi connectivity index (χ1v) is 7.74. The van der Waals surface area contributed by atoms with Crippen molar-refractivity contribution >= 4 is 11.8 Å². The Kier molecular flexibility index (Phi) is 5.41. The molecule has 1 saturated heterocycles. The molecule has 2 rings (SSSR count). The fraction of sp³-hybridized carbons (Fsp3) is 0.529. The fourth-order valence-corrected chi connectivity index (χ4v) is 2.81. The summed E-state index contributed by atoms with van der Waals surface area (Å²) in [5.41, 5.74) is 0.972. The van der Waals surface area contributed by atoms with Gasteiger partial charge in [-0.3, -0.25) is 9.59 Å². The number of likely N-dealkylation sites (tertiary alicyclic amines) is 1. The first-order chi connectivity index (χ1) is 10.6. The predicted molar refractivity (Wildman–Crippen MR) is 84.5 cm³/mol. The molecule has 5 heteroatoms. The molecule has 22 heavy (non-hydrogen) atoms. The van der Waals surface area contributed by atoms with E-state index in [1.807, 2.05) is 31.2 Å². The van der Waals surface area contributed by atoms with Crippen LogP contribution in [0, 0.1) is 5.92 Å². The summed E-state index contributed by atoms with van der Waals surface area (Å²) in [6, 6.07) is 7.60. The van der Waals surface area contributed by atoms with Gasteiger partial charge in [-0.1, -0.05) is 25.1 Å². The molecule has 2 amide bonds. The van der Waals surface area contributed by atoms with E-state index >= 15 is 0 Å². The SMILES string of the molecule is CC[C@@H](NC(=O)[C@H]1CCN(C)C(=O)C1)c1ccccc1OC. The number of piperidine rings is 1. The standard InChI is InChI=1S/C17H24N2O3/c1-4-14(13-7-5-6-8-15(13)22-3)18-17(21)12-9-10-19(2)16(20)11-12/h5-8,12,14H,4,9-11H2,1-3H3,(H,18,21)/t12-,14+/m0/s1. The zero-order valence-electron chi connectivity index (χ0n) is 13.5. The van der Waals surface area contributed by atoms with E-state index in [0.717, 1.165) is 24.2 Å². The minimum absolute atomic E-state index is 0.0386. The number of nitrogens with zero attached hydrogens (tertiary/aromatic N) is 1. The molecule has 0 aromatic heterocycles. The zero-order chi connectivity index (χ0) is 16.1. The molecule has 2 atom stereocenters. The van der Waals surface area contributed by atoms with Gasteiger partial charge < -0.3 is 15.0 Å². The summed E-state index contributed by atoms with van der Waals surface area (Å²) >= 11 is 0. The average molecular weight is 304 g/mol. The molecule has 120 valence electrons. The van der Waals surface area contributed by atoms with Crippen LogP contribution in [0.3, 0.4) is 0 Å². The van der Waals surface area contributed by atoms with Crippen LogP contribution in [0.4, 0.5) is 0 Å². The molecule has 0 radical (unpaired) electrons. The van der Waals surface area contributed by atoms with Gasteiger partial charge in [-0.25, -0.2) is 0 Å². The number of carbonyl (C=O) groups is 2. The van der Waals surface area contributed by atoms with Crippen molar-refractivity contribution in [2.45, 2.75) is 32.2 Å². The molecular weight excluding hydrogens is 280 g/mol. The Morgan fingerprint density at radius 2 is 2.18 bits per heavy atom. The van der Waals surface area contributed by atoms with Gasteiger partial charge in [-0.15, -0.1) is 0 Å². The van der Waals surface area contributed by atoms with Crippen LogP contribution in [0.5, 0.6) is 5.75 Å². The van der Waals surface area contributed by atoms with Crippen molar-refractivity contribution in [3.8, 4) is 5.75 Å². The number of ether oxygens (including phenoxy) is 1. The highest BCUT2D eigenvalue weighted by molar-refractivity contribution is 5.87. The third-order valence-corrected chi connectivity index (χ3v) is 4.27. The second-order valence-electron chi connectivity index (χ2n) is 5.72. The maximum Gasteiger partial charge on any atom is 0.224 e. The van der Waals surface area contributed by atoms with E-state index in [4.69, 9.17) is 4.74 Å². The lowest BCUT2D eigenvalue weighted by Crippen LogP contribution is -2.42. The number of carbonyl (C=O) groups excluding carboxylic acids is 2. The van der Waals surface area contributed by atoms with Gasteiger partial charge in [-0.2, -0.15) is 0 Å². The predicted octanol–water partition coefficient (Wildman–Crippen LogP) is 2.13. The summed E-state index contributed by atoms with van der Waals surface area (Å²) < 4.78 is 5.37. The number of hydrogen-bond donors (Lipinski definition) is 1. The lowest BCUT2D eigenvalue weighted by Gasteiger charge is -2.29. The largest absolute Gasteiger partial charge is 0.496 e. The van der Waals surface area contributed by atoms with Crippen molar-refractivity contribution in [1.82, 2.24) is 10.2 Å². The van der Waals surface area contributed by atoms with Gasteiger partial charge in [0.25, 0.3) is 0 Å². The van der Waals surface area contributed by atoms with E-state index in [1.54, 1.807) is 19.1 Å².